The summed E-state index contributed by atoms with van der Waals surface area (Å²) in [6, 6.07) is 50.5. The molecule has 4 heteroatoms. The zero-order valence-electron chi connectivity index (χ0n) is 45.4. The average molecular weight is 792 g/mol. The van der Waals surface area contributed by atoms with Crippen LogP contribution < -0.4 is 4.74 Å². The highest BCUT2D eigenvalue weighted by Crippen LogP contribution is 2.42. The molecule has 2 heterocycles. The molecule has 0 bridgehead atoms. The lowest BCUT2D eigenvalue weighted by molar-refractivity contribution is 0.413. The number of pyridine rings is 1. The van der Waals surface area contributed by atoms with Gasteiger partial charge < -0.3 is 4.74 Å². The van der Waals surface area contributed by atoms with Crippen LogP contribution in [0.2, 0.25) is 0 Å². The molecule has 9 aromatic rings. The molecule has 0 amide bonds. The van der Waals surface area contributed by atoms with Gasteiger partial charge in [-0.15, -0.1) is 0 Å². The Hall–Kier alpha value is -7.04. The minimum Gasteiger partial charge on any atom is -0.496 e. The van der Waals surface area contributed by atoms with Crippen LogP contribution in [0.3, 0.4) is 0 Å². The van der Waals surface area contributed by atoms with E-state index in [0.717, 1.165) is 61.2 Å². The van der Waals surface area contributed by atoms with Gasteiger partial charge in [0.1, 0.15) is 11.6 Å². The Labute approximate surface area is 370 Å². The zero-order chi connectivity index (χ0) is 51.5. The van der Waals surface area contributed by atoms with Crippen molar-refractivity contribution in [3.05, 3.63) is 192 Å². The number of aryl methyl sites for hydroxylation is 3. The van der Waals surface area contributed by atoms with Crippen molar-refractivity contribution >= 4 is 11.0 Å². The van der Waals surface area contributed by atoms with Gasteiger partial charge in [-0.2, -0.15) is 0 Å². The van der Waals surface area contributed by atoms with Crippen molar-refractivity contribution < 1.29 is 21.2 Å². The summed E-state index contributed by atoms with van der Waals surface area (Å²) in [5, 5.41) is 0. The number of benzene rings is 7. The van der Waals surface area contributed by atoms with Crippen LogP contribution in [0.1, 0.15) is 59.3 Å². The molecule has 0 saturated heterocycles. The fraction of sp³-hybridized carbons (Fsp3) is 0.143. The Bertz CT molecular complexity index is 3430. The third kappa shape index (κ3) is 7.42. The van der Waals surface area contributed by atoms with Crippen molar-refractivity contribution in [1.82, 2.24) is 14.5 Å². The molecule has 2 aromatic heterocycles. The van der Waals surface area contributed by atoms with Gasteiger partial charge in [0.05, 0.1) is 29.4 Å². The standard InChI is InChI=1S/C56H49N3O/c1-36-27-38(3)54(60-7)50(30-36)55-58-53-49(19-14-20-52(53)59(55)48-29-37(2)28-43(34-48)39-15-10-8-11-16-39)45-31-44(40-17-12-9-13-18-40)32-46(33-45)51-35-42(25-26-57-51)41-21-23-47(24-22-41)56(4,5)6/h8-35H,1-7H3/i2D3,4D3,5D3,6D3. The molecule has 7 aromatic carbocycles. The van der Waals surface area contributed by atoms with Crippen molar-refractivity contribution in [2.24, 2.45) is 0 Å². The second-order valence-electron chi connectivity index (χ2n) is 15.2. The van der Waals surface area contributed by atoms with E-state index < -0.39 is 32.8 Å². The third-order valence-corrected chi connectivity index (χ3v) is 10.9. The summed E-state index contributed by atoms with van der Waals surface area (Å²) in [5.74, 6) is 1.19. The highest BCUT2D eigenvalue weighted by Gasteiger charge is 2.23. The van der Waals surface area contributed by atoms with E-state index in [2.05, 4.69) is 6.07 Å². The fourth-order valence-corrected chi connectivity index (χ4v) is 8.11. The molecule has 0 N–H and O–H groups in total. The Morgan fingerprint density at radius 2 is 1.23 bits per heavy atom. The highest BCUT2D eigenvalue weighted by atomic mass is 16.5. The van der Waals surface area contributed by atoms with Crippen molar-refractivity contribution in [2.45, 2.75) is 46.7 Å². The van der Waals surface area contributed by atoms with Crippen LogP contribution in [0.4, 0.5) is 0 Å². The summed E-state index contributed by atoms with van der Waals surface area (Å²) >= 11 is 0. The van der Waals surface area contributed by atoms with Crippen molar-refractivity contribution in [3.63, 3.8) is 0 Å². The van der Waals surface area contributed by atoms with E-state index in [1.54, 1.807) is 31.5 Å². The van der Waals surface area contributed by atoms with E-state index in [4.69, 9.17) is 31.2 Å². The molecule has 0 aliphatic rings. The Balaban J connectivity index is 1.25. The molecule has 0 fully saturated rings. The Kier molecular flexibility index (Phi) is 6.99. The van der Waals surface area contributed by atoms with Gasteiger partial charge in [-0.25, -0.2) is 4.98 Å². The van der Waals surface area contributed by atoms with Gasteiger partial charge >= 0.3 is 0 Å². The minimum atomic E-state index is -3.39. The number of hydrogen-bond donors (Lipinski definition) is 0. The lowest BCUT2D eigenvalue weighted by Gasteiger charge is -2.19. The van der Waals surface area contributed by atoms with Gasteiger partial charge in [0.2, 0.25) is 0 Å². The number of imidazole rings is 1. The SMILES string of the molecule is [2H]C([2H])([2H])c1cc(-c2ccccc2)cc(-n2c(-c3cc(C)cc(C)c3OC)nc3c(-c4cc(-c5ccccc5)cc(-c5cc(-c6ccc(C(C([2H])([2H])[2H])(C([2H])([2H])[2H])C([2H])([2H])[2H])cc6)ccn5)c4)cccc32)c1. The predicted molar refractivity (Wildman–Crippen MR) is 251 cm³/mol. The van der Waals surface area contributed by atoms with Crippen LogP contribution in [-0.4, -0.2) is 21.6 Å². The smallest absolute Gasteiger partial charge is 0.149 e. The number of rotatable bonds is 8. The van der Waals surface area contributed by atoms with E-state index in [1.807, 2.05) is 134 Å². The number of aromatic nitrogens is 3. The first-order valence-corrected chi connectivity index (χ1v) is 19.7. The number of fused-ring (bicyclic) bond motifs is 1. The van der Waals surface area contributed by atoms with Crippen LogP contribution in [0, 0.1) is 20.7 Å². The molecule has 4 nitrogen and oxygen atoms in total. The van der Waals surface area contributed by atoms with E-state index in [9.17, 15) is 0 Å². The van der Waals surface area contributed by atoms with Crippen LogP contribution >= 0.6 is 0 Å². The van der Waals surface area contributed by atoms with E-state index in [0.29, 0.717) is 39.6 Å². The van der Waals surface area contributed by atoms with Gasteiger partial charge in [-0.05, 0) is 142 Å². The van der Waals surface area contributed by atoms with Crippen LogP contribution in [0.15, 0.2) is 170 Å². The van der Waals surface area contributed by atoms with Crippen molar-refractivity contribution in [2.75, 3.05) is 7.11 Å². The monoisotopic (exact) mass is 791 g/mol. The number of ether oxygens (including phenoxy) is 1. The first kappa shape index (κ1) is 26.9. The quantitative estimate of drug-likeness (QED) is 0.154. The summed E-state index contributed by atoms with van der Waals surface area (Å²) in [4.78, 5) is 10.3. The maximum absolute atomic E-state index is 8.56. The Morgan fingerprint density at radius 3 is 1.93 bits per heavy atom. The summed E-state index contributed by atoms with van der Waals surface area (Å²) in [6.07, 6.45) is 1.65. The van der Waals surface area contributed by atoms with Crippen LogP contribution in [-0.2, 0) is 5.41 Å². The minimum absolute atomic E-state index is 0.177. The second kappa shape index (κ2) is 15.6. The molecule has 0 atom stereocenters. The summed E-state index contributed by atoms with van der Waals surface area (Å²) in [5.41, 5.74) is 8.94. The van der Waals surface area contributed by atoms with E-state index >= 15 is 0 Å². The maximum Gasteiger partial charge on any atom is 0.149 e. The number of nitrogens with zero attached hydrogens (tertiary/aromatic N) is 3. The van der Waals surface area contributed by atoms with Gasteiger partial charge in [-0.1, -0.05) is 130 Å². The van der Waals surface area contributed by atoms with Crippen LogP contribution in [0.25, 0.3) is 83.9 Å². The summed E-state index contributed by atoms with van der Waals surface area (Å²) in [6.45, 7) is -8.59. The lowest BCUT2D eigenvalue weighted by Crippen LogP contribution is -2.10. The van der Waals surface area contributed by atoms with Gasteiger partial charge in [0, 0.05) is 39.5 Å². The van der Waals surface area contributed by atoms with Gasteiger partial charge in [0.25, 0.3) is 0 Å². The molecule has 0 aliphatic carbocycles. The average Bonchev–Trinajstić information content (AvgIpc) is 3.73. The van der Waals surface area contributed by atoms with Crippen molar-refractivity contribution in [1.29, 1.82) is 0 Å². The molecule has 0 aliphatic heterocycles. The molecule has 60 heavy (non-hydrogen) atoms. The topological polar surface area (TPSA) is 39.9 Å². The molecule has 0 radical (unpaired) electrons. The second-order valence-corrected chi connectivity index (χ2v) is 15.2. The fourth-order valence-electron chi connectivity index (χ4n) is 8.11. The van der Waals surface area contributed by atoms with Gasteiger partial charge in [-0.3, -0.25) is 9.55 Å². The van der Waals surface area contributed by atoms with Crippen LogP contribution in [0.5, 0.6) is 5.75 Å². The number of hydrogen-bond acceptors (Lipinski definition) is 3. The molecule has 0 unspecified atom stereocenters. The summed E-state index contributed by atoms with van der Waals surface area (Å²) in [7, 11) is 1.63. The maximum atomic E-state index is 8.56. The largest absolute Gasteiger partial charge is 0.496 e. The van der Waals surface area contributed by atoms with Gasteiger partial charge in [0.15, 0.2) is 0 Å². The highest BCUT2D eigenvalue weighted by molar-refractivity contribution is 5.98. The molecule has 9 rings (SSSR count). The molecule has 294 valence electrons. The number of para-hydroxylation sites is 1. The lowest BCUT2D eigenvalue weighted by atomic mass is 9.86. The first-order chi connectivity index (χ1) is 34.0. The zero-order valence-corrected chi connectivity index (χ0v) is 33.4. The molecule has 0 spiro atoms. The normalized spacial score (nSPS) is 15.4. The number of methoxy groups -OCH3 is 1. The van der Waals surface area contributed by atoms with E-state index in [1.165, 1.54) is 24.3 Å². The summed E-state index contributed by atoms with van der Waals surface area (Å²) < 4.78 is 108. The Morgan fingerprint density at radius 1 is 0.550 bits per heavy atom. The third-order valence-electron chi connectivity index (χ3n) is 10.9. The predicted octanol–water partition coefficient (Wildman–Crippen LogP) is 14.7. The van der Waals surface area contributed by atoms with Crippen molar-refractivity contribution in [3.8, 4) is 78.6 Å². The molecular formula is C56H49N3O. The van der Waals surface area contributed by atoms with E-state index in [-0.39, 0.29) is 11.1 Å². The molecular weight excluding hydrogens is 731 g/mol. The molecule has 0 saturated carbocycles. The first-order valence-electron chi connectivity index (χ1n) is 25.7.